The van der Waals surface area contributed by atoms with Gasteiger partial charge >= 0.3 is 0 Å². The number of halogens is 1. The zero-order valence-electron chi connectivity index (χ0n) is 11.4. The molecule has 0 amide bonds. The van der Waals surface area contributed by atoms with Gasteiger partial charge in [0.25, 0.3) is 0 Å². The van der Waals surface area contributed by atoms with E-state index in [1.807, 2.05) is 24.3 Å². The first-order valence-electron chi connectivity index (χ1n) is 7.13. The molecule has 2 N–H and O–H groups in total. The van der Waals surface area contributed by atoms with Gasteiger partial charge in [-0.2, -0.15) is 0 Å². The minimum Gasteiger partial charge on any atom is -0.389 e. The molecular weight excluding hydrogens is 272 g/mol. The number of aliphatic hydroxyl groups is 1. The number of fused-ring (bicyclic) bond motifs is 1. The highest BCUT2D eigenvalue weighted by Gasteiger charge is 2.30. The van der Waals surface area contributed by atoms with Gasteiger partial charge in [-0.3, -0.25) is 4.98 Å². The standard InChI is InChI=1S/C16H19ClN2O/c17-14-6-5-12(15-13(14)4-3-9-19-15)10-18-11-16(20)7-1-2-8-16/h3-6,9,18,20H,1-2,7-8,10-11H2. The summed E-state index contributed by atoms with van der Waals surface area (Å²) in [5.74, 6) is 0. The summed E-state index contributed by atoms with van der Waals surface area (Å²) in [6.07, 6.45) is 5.85. The fourth-order valence-electron chi connectivity index (χ4n) is 2.98. The van der Waals surface area contributed by atoms with E-state index in [0.717, 1.165) is 47.2 Å². The number of benzene rings is 1. The van der Waals surface area contributed by atoms with E-state index in [0.29, 0.717) is 13.1 Å². The van der Waals surface area contributed by atoms with E-state index in [1.54, 1.807) is 6.20 Å². The molecular formula is C16H19ClN2O. The Morgan fingerprint density at radius 3 is 2.85 bits per heavy atom. The molecule has 1 aliphatic rings. The molecule has 0 saturated heterocycles. The van der Waals surface area contributed by atoms with Gasteiger partial charge in [-0.15, -0.1) is 0 Å². The van der Waals surface area contributed by atoms with E-state index >= 15 is 0 Å². The van der Waals surface area contributed by atoms with E-state index in [9.17, 15) is 5.11 Å². The Hall–Kier alpha value is -1.16. The van der Waals surface area contributed by atoms with Crippen molar-refractivity contribution in [3.8, 4) is 0 Å². The number of pyridine rings is 1. The second-order valence-corrected chi connectivity index (χ2v) is 6.05. The number of nitrogens with zero attached hydrogens (tertiary/aromatic N) is 1. The van der Waals surface area contributed by atoms with Gasteiger partial charge in [-0.25, -0.2) is 0 Å². The summed E-state index contributed by atoms with van der Waals surface area (Å²) >= 11 is 6.19. The average Bonchev–Trinajstić information content (AvgIpc) is 2.89. The topological polar surface area (TPSA) is 45.1 Å². The Morgan fingerprint density at radius 2 is 2.05 bits per heavy atom. The van der Waals surface area contributed by atoms with E-state index in [4.69, 9.17) is 11.6 Å². The molecule has 20 heavy (non-hydrogen) atoms. The Kier molecular flexibility index (Phi) is 3.92. The molecule has 0 bridgehead atoms. The lowest BCUT2D eigenvalue weighted by Gasteiger charge is -2.22. The number of rotatable bonds is 4. The fourth-order valence-corrected chi connectivity index (χ4v) is 3.19. The summed E-state index contributed by atoms with van der Waals surface area (Å²) < 4.78 is 0. The number of nitrogens with one attached hydrogen (secondary N) is 1. The molecule has 1 fully saturated rings. The zero-order valence-corrected chi connectivity index (χ0v) is 12.2. The number of hydrogen-bond donors (Lipinski definition) is 2. The maximum Gasteiger partial charge on any atom is 0.0771 e. The quantitative estimate of drug-likeness (QED) is 0.908. The molecule has 1 heterocycles. The van der Waals surface area contributed by atoms with E-state index in [-0.39, 0.29) is 0 Å². The number of aromatic nitrogens is 1. The molecule has 0 spiro atoms. The van der Waals surface area contributed by atoms with Gasteiger partial charge in [0.1, 0.15) is 0 Å². The zero-order chi connectivity index (χ0) is 14.0. The Morgan fingerprint density at radius 1 is 1.25 bits per heavy atom. The monoisotopic (exact) mass is 290 g/mol. The van der Waals surface area contributed by atoms with Crippen molar-refractivity contribution in [1.82, 2.24) is 10.3 Å². The molecule has 2 aromatic rings. The average molecular weight is 291 g/mol. The van der Waals surface area contributed by atoms with Crippen LogP contribution < -0.4 is 5.32 Å². The van der Waals surface area contributed by atoms with Gasteiger partial charge in [0, 0.05) is 29.7 Å². The highest BCUT2D eigenvalue weighted by molar-refractivity contribution is 6.35. The van der Waals surface area contributed by atoms with Gasteiger partial charge < -0.3 is 10.4 Å². The van der Waals surface area contributed by atoms with Crippen LogP contribution >= 0.6 is 11.6 Å². The molecule has 3 nitrogen and oxygen atoms in total. The largest absolute Gasteiger partial charge is 0.389 e. The smallest absolute Gasteiger partial charge is 0.0771 e. The molecule has 0 radical (unpaired) electrons. The van der Waals surface area contributed by atoms with E-state index in [1.165, 1.54) is 0 Å². The van der Waals surface area contributed by atoms with Crippen molar-refractivity contribution in [2.24, 2.45) is 0 Å². The predicted octanol–water partition coefficient (Wildman–Crippen LogP) is 3.28. The Balaban J connectivity index is 1.73. The molecule has 1 aliphatic carbocycles. The molecule has 0 atom stereocenters. The normalized spacial score (nSPS) is 17.7. The maximum atomic E-state index is 10.3. The van der Waals surface area contributed by atoms with Gasteiger partial charge in [0.05, 0.1) is 11.1 Å². The Labute approximate surface area is 124 Å². The van der Waals surface area contributed by atoms with Crippen molar-refractivity contribution in [2.75, 3.05) is 6.54 Å². The highest BCUT2D eigenvalue weighted by Crippen LogP contribution is 2.29. The molecule has 106 valence electrons. The minimum absolute atomic E-state index is 0.518. The molecule has 0 unspecified atom stereocenters. The number of hydrogen-bond acceptors (Lipinski definition) is 3. The maximum absolute atomic E-state index is 10.3. The van der Waals surface area contributed by atoms with E-state index < -0.39 is 5.60 Å². The van der Waals surface area contributed by atoms with Crippen molar-refractivity contribution in [1.29, 1.82) is 0 Å². The lowest BCUT2D eigenvalue weighted by atomic mass is 10.0. The molecule has 3 rings (SSSR count). The van der Waals surface area contributed by atoms with Crippen LogP contribution in [-0.4, -0.2) is 22.2 Å². The van der Waals surface area contributed by atoms with Crippen LogP contribution in [0.2, 0.25) is 5.02 Å². The van der Waals surface area contributed by atoms with Gasteiger partial charge in [-0.05, 0) is 36.6 Å². The van der Waals surface area contributed by atoms with Crippen molar-refractivity contribution >= 4 is 22.5 Å². The molecule has 1 aromatic carbocycles. The third-order valence-corrected chi connectivity index (χ3v) is 4.43. The third kappa shape index (κ3) is 2.80. The van der Waals surface area contributed by atoms with Crippen LogP contribution in [0.3, 0.4) is 0 Å². The lowest BCUT2D eigenvalue weighted by molar-refractivity contribution is 0.0475. The van der Waals surface area contributed by atoms with Crippen LogP contribution in [0.5, 0.6) is 0 Å². The summed E-state index contributed by atoms with van der Waals surface area (Å²) in [7, 11) is 0. The van der Waals surface area contributed by atoms with Gasteiger partial charge in [0.2, 0.25) is 0 Å². The summed E-state index contributed by atoms with van der Waals surface area (Å²) in [6.45, 7) is 1.34. The van der Waals surface area contributed by atoms with Crippen molar-refractivity contribution in [3.05, 3.63) is 41.0 Å². The van der Waals surface area contributed by atoms with Crippen molar-refractivity contribution in [3.63, 3.8) is 0 Å². The van der Waals surface area contributed by atoms with E-state index in [2.05, 4.69) is 10.3 Å². The van der Waals surface area contributed by atoms with Crippen LogP contribution in [0, 0.1) is 0 Å². The highest BCUT2D eigenvalue weighted by atomic mass is 35.5. The summed E-state index contributed by atoms with van der Waals surface area (Å²) in [5, 5.41) is 15.4. The second-order valence-electron chi connectivity index (χ2n) is 5.64. The Bertz CT molecular complexity index is 608. The first-order valence-corrected chi connectivity index (χ1v) is 7.51. The molecule has 0 aliphatic heterocycles. The van der Waals surface area contributed by atoms with Crippen LogP contribution in [0.1, 0.15) is 31.2 Å². The summed E-state index contributed by atoms with van der Waals surface area (Å²) in [6, 6.07) is 7.79. The summed E-state index contributed by atoms with van der Waals surface area (Å²) in [5.41, 5.74) is 1.54. The lowest BCUT2D eigenvalue weighted by Crippen LogP contribution is -2.37. The van der Waals surface area contributed by atoms with Gasteiger partial charge in [-0.1, -0.05) is 30.5 Å². The minimum atomic E-state index is -0.518. The van der Waals surface area contributed by atoms with Crippen LogP contribution in [0.15, 0.2) is 30.5 Å². The van der Waals surface area contributed by atoms with Gasteiger partial charge in [0.15, 0.2) is 0 Å². The van der Waals surface area contributed by atoms with Crippen LogP contribution in [-0.2, 0) is 6.54 Å². The van der Waals surface area contributed by atoms with Crippen LogP contribution in [0.4, 0.5) is 0 Å². The predicted molar refractivity (Wildman–Crippen MR) is 81.9 cm³/mol. The first kappa shape index (κ1) is 13.8. The molecule has 4 heteroatoms. The molecule has 1 saturated carbocycles. The SMILES string of the molecule is OC1(CNCc2ccc(Cl)c3cccnc23)CCCC1. The molecule has 1 aromatic heterocycles. The second kappa shape index (κ2) is 5.68. The van der Waals surface area contributed by atoms with Crippen molar-refractivity contribution < 1.29 is 5.11 Å². The fraction of sp³-hybridized carbons (Fsp3) is 0.438. The van der Waals surface area contributed by atoms with Crippen LogP contribution in [0.25, 0.3) is 10.9 Å². The first-order chi connectivity index (χ1) is 9.68. The third-order valence-electron chi connectivity index (χ3n) is 4.10. The summed E-state index contributed by atoms with van der Waals surface area (Å²) in [4.78, 5) is 4.42. The van der Waals surface area contributed by atoms with Crippen molar-refractivity contribution in [2.45, 2.75) is 37.8 Å².